The number of hydrogen-bond acceptors (Lipinski definition) is 3. The minimum Gasteiger partial charge on any atom is -0.341 e. The zero-order chi connectivity index (χ0) is 14.7. The summed E-state index contributed by atoms with van der Waals surface area (Å²) in [6.45, 7) is 1.21. The lowest BCUT2D eigenvalue weighted by molar-refractivity contribution is -0.131. The van der Waals surface area contributed by atoms with Gasteiger partial charge >= 0.3 is 0 Å². The highest BCUT2D eigenvalue weighted by atomic mass is 35.5. The van der Waals surface area contributed by atoms with Gasteiger partial charge in [-0.1, -0.05) is 23.2 Å². The maximum Gasteiger partial charge on any atom is 0.247 e. The van der Waals surface area contributed by atoms with Crippen molar-refractivity contribution in [3.8, 4) is 6.07 Å². The Morgan fingerprint density at radius 2 is 1.85 bits per heavy atom. The Labute approximate surface area is 126 Å². The number of Topliss-reactive ketones (excluding diaryl/α,β-unsaturated/α-hetero) is 1. The lowest BCUT2D eigenvalue weighted by Gasteiger charge is -2.18. The highest BCUT2D eigenvalue weighted by Crippen LogP contribution is 2.24. The third-order valence-corrected chi connectivity index (χ3v) is 4.00. The van der Waals surface area contributed by atoms with Gasteiger partial charge in [-0.15, -0.1) is 0 Å². The van der Waals surface area contributed by atoms with Crippen molar-refractivity contribution >= 4 is 34.9 Å². The van der Waals surface area contributed by atoms with Crippen LogP contribution in [-0.2, 0) is 4.79 Å². The molecule has 1 aromatic carbocycles. The summed E-state index contributed by atoms with van der Waals surface area (Å²) < 4.78 is 0. The van der Waals surface area contributed by atoms with E-state index in [1.54, 1.807) is 11.0 Å². The molecule has 1 heterocycles. The number of halogens is 2. The molecular weight excluding hydrogens is 299 g/mol. The maximum absolute atomic E-state index is 12.3. The van der Waals surface area contributed by atoms with Crippen LogP contribution in [0.2, 0.25) is 10.0 Å². The van der Waals surface area contributed by atoms with Crippen LogP contribution in [0.25, 0.3) is 0 Å². The highest BCUT2D eigenvalue weighted by molar-refractivity contribution is 6.42. The molecule has 1 aliphatic rings. The van der Waals surface area contributed by atoms with Crippen LogP contribution in [0.3, 0.4) is 0 Å². The number of carbonyl (C=O) groups is 2. The second-order valence-electron chi connectivity index (χ2n) is 4.59. The number of likely N-dealkylation sites (tertiary alicyclic amines) is 1. The molecule has 1 amide bonds. The van der Waals surface area contributed by atoms with E-state index in [9.17, 15) is 9.59 Å². The normalized spacial score (nSPS) is 15.8. The molecule has 1 fully saturated rings. The lowest BCUT2D eigenvalue weighted by Crippen LogP contribution is -2.37. The molecule has 0 saturated carbocycles. The van der Waals surface area contributed by atoms with Crippen molar-refractivity contribution in [2.45, 2.75) is 12.8 Å². The number of amides is 1. The molecule has 1 unspecified atom stereocenters. The molecule has 0 N–H and O–H groups in total. The summed E-state index contributed by atoms with van der Waals surface area (Å²) in [5.41, 5.74) is 0.221. The van der Waals surface area contributed by atoms with Crippen LogP contribution >= 0.6 is 23.2 Å². The molecule has 20 heavy (non-hydrogen) atoms. The Morgan fingerprint density at radius 3 is 2.40 bits per heavy atom. The molecule has 1 aromatic rings. The fourth-order valence-corrected chi connectivity index (χ4v) is 2.46. The van der Waals surface area contributed by atoms with Crippen molar-refractivity contribution in [3.63, 3.8) is 0 Å². The van der Waals surface area contributed by atoms with Crippen LogP contribution < -0.4 is 0 Å². The van der Waals surface area contributed by atoms with Crippen LogP contribution in [0.15, 0.2) is 18.2 Å². The van der Waals surface area contributed by atoms with Gasteiger partial charge in [-0.25, -0.2) is 0 Å². The maximum atomic E-state index is 12.3. The summed E-state index contributed by atoms with van der Waals surface area (Å²) in [4.78, 5) is 26.0. The molecule has 0 spiro atoms. The molecular formula is C14H12Cl2N2O2. The minimum absolute atomic E-state index is 0.221. The first-order valence-electron chi connectivity index (χ1n) is 6.22. The van der Waals surface area contributed by atoms with Gasteiger partial charge in [0.15, 0.2) is 11.7 Å². The smallest absolute Gasteiger partial charge is 0.247 e. The van der Waals surface area contributed by atoms with Crippen LogP contribution in [0, 0.1) is 17.2 Å². The van der Waals surface area contributed by atoms with Gasteiger partial charge < -0.3 is 4.90 Å². The number of hydrogen-bond donors (Lipinski definition) is 0. The molecule has 4 nitrogen and oxygen atoms in total. The summed E-state index contributed by atoms with van der Waals surface area (Å²) in [5, 5.41) is 9.68. The van der Waals surface area contributed by atoms with Crippen LogP contribution in [0.1, 0.15) is 23.2 Å². The van der Waals surface area contributed by atoms with Gasteiger partial charge in [0.25, 0.3) is 0 Å². The Balaban J connectivity index is 2.22. The summed E-state index contributed by atoms with van der Waals surface area (Å²) in [5.74, 6) is -2.28. The van der Waals surface area contributed by atoms with E-state index in [4.69, 9.17) is 28.5 Å². The third-order valence-electron chi connectivity index (χ3n) is 3.26. The topological polar surface area (TPSA) is 61.2 Å². The monoisotopic (exact) mass is 310 g/mol. The zero-order valence-electron chi connectivity index (χ0n) is 10.6. The molecule has 1 aliphatic heterocycles. The first-order chi connectivity index (χ1) is 9.54. The van der Waals surface area contributed by atoms with Gasteiger partial charge in [-0.3, -0.25) is 9.59 Å². The van der Waals surface area contributed by atoms with Crippen LogP contribution in [-0.4, -0.2) is 29.7 Å². The van der Waals surface area contributed by atoms with Crippen molar-refractivity contribution in [3.05, 3.63) is 33.8 Å². The standard InChI is InChI=1S/C14H12Cl2N2O2/c15-11-4-3-9(7-12(11)16)13(19)10(8-17)14(20)18-5-1-2-6-18/h3-4,7,10H,1-2,5-6H2. The number of nitrogens with zero attached hydrogens (tertiary/aromatic N) is 2. The Bertz CT molecular complexity index is 589. The summed E-state index contributed by atoms with van der Waals surface area (Å²) in [7, 11) is 0. The van der Waals surface area contributed by atoms with E-state index in [0.29, 0.717) is 18.1 Å². The van der Waals surface area contributed by atoms with E-state index in [0.717, 1.165) is 12.8 Å². The van der Waals surface area contributed by atoms with E-state index in [1.165, 1.54) is 18.2 Å². The molecule has 2 rings (SSSR count). The van der Waals surface area contributed by atoms with E-state index in [2.05, 4.69) is 0 Å². The van der Waals surface area contributed by atoms with Gasteiger partial charge in [0.05, 0.1) is 16.1 Å². The second-order valence-corrected chi connectivity index (χ2v) is 5.40. The first-order valence-corrected chi connectivity index (χ1v) is 6.98. The van der Waals surface area contributed by atoms with Gasteiger partial charge in [0.2, 0.25) is 5.91 Å². The number of rotatable bonds is 3. The number of benzene rings is 1. The van der Waals surface area contributed by atoms with Crippen molar-refractivity contribution in [2.75, 3.05) is 13.1 Å². The average Bonchev–Trinajstić information content (AvgIpc) is 2.96. The third kappa shape index (κ3) is 2.95. The number of ketones is 1. The number of carbonyl (C=O) groups excluding carboxylic acids is 2. The van der Waals surface area contributed by atoms with Gasteiger partial charge in [-0.2, -0.15) is 5.26 Å². The van der Waals surface area contributed by atoms with Crippen molar-refractivity contribution in [2.24, 2.45) is 5.92 Å². The van der Waals surface area contributed by atoms with E-state index < -0.39 is 17.6 Å². The predicted octanol–water partition coefficient (Wildman–Crippen LogP) is 2.94. The van der Waals surface area contributed by atoms with Crippen LogP contribution in [0.4, 0.5) is 0 Å². The lowest BCUT2D eigenvalue weighted by atomic mass is 9.97. The Hall–Kier alpha value is -1.57. The molecule has 0 bridgehead atoms. The minimum atomic E-state index is -1.31. The summed E-state index contributed by atoms with van der Waals surface area (Å²) in [6, 6.07) is 6.13. The second kappa shape index (κ2) is 6.25. The van der Waals surface area contributed by atoms with Gasteiger partial charge in [-0.05, 0) is 31.0 Å². The largest absolute Gasteiger partial charge is 0.341 e. The SMILES string of the molecule is N#CC(C(=O)c1ccc(Cl)c(Cl)c1)C(=O)N1CCCC1. The van der Waals surface area contributed by atoms with Crippen molar-refractivity contribution in [1.82, 2.24) is 4.90 Å². The van der Waals surface area contributed by atoms with E-state index in [1.807, 2.05) is 0 Å². The van der Waals surface area contributed by atoms with Gasteiger partial charge in [0.1, 0.15) is 0 Å². The molecule has 1 saturated heterocycles. The quantitative estimate of drug-likeness (QED) is 0.637. The fourth-order valence-electron chi connectivity index (χ4n) is 2.16. The van der Waals surface area contributed by atoms with Crippen molar-refractivity contribution < 1.29 is 9.59 Å². The van der Waals surface area contributed by atoms with Gasteiger partial charge in [0, 0.05) is 18.7 Å². The molecule has 104 valence electrons. The summed E-state index contributed by atoms with van der Waals surface area (Å²) in [6.07, 6.45) is 1.82. The Morgan fingerprint density at radius 1 is 1.20 bits per heavy atom. The number of nitriles is 1. The van der Waals surface area contributed by atoms with E-state index >= 15 is 0 Å². The highest BCUT2D eigenvalue weighted by Gasteiger charge is 2.32. The predicted molar refractivity (Wildman–Crippen MR) is 75.7 cm³/mol. The molecule has 0 aromatic heterocycles. The van der Waals surface area contributed by atoms with Crippen molar-refractivity contribution in [1.29, 1.82) is 5.26 Å². The zero-order valence-corrected chi connectivity index (χ0v) is 12.1. The Kier molecular flexibility index (Phi) is 4.64. The first kappa shape index (κ1) is 14.8. The molecule has 0 aliphatic carbocycles. The molecule has 0 radical (unpaired) electrons. The molecule has 1 atom stereocenters. The molecule has 6 heteroatoms. The van der Waals surface area contributed by atoms with Crippen LogP contribution in [0.5, 0.6) is 0 Å². The average molecular weight is 311 g/mol. The summed E-state index contributed by atoms with van der Waals surface area (Å²) >= 11 is 11.6. The fraction of sp³-hybridized carbons (Fsp3) is 0.357. The van der Waals surface area contributed by atoms with E-state index in [-0.39, 0.29) is 10.6 Å².